The fraction of sp³-hybridized carbons (Fsp3) is 0.300. The first-order valence-electron chi connectivity index (χ1n) is 4.59. The average molecular weight is 242 g/mol. The Kier molecular flexibility index (Phi) is 3.54. The largest absolute Gasteiger partial charge is 0.331 e. The minimum absolute atomic E-state index is 0.232. The van der Waals surface area contributed by atoms with Crippen LogP contribution in [0.4, 0.5) is 10.5 Å². The van der Waals surface area contributed by atoms with Gasteiger partial charge >= 0.3 is 6.03 Å². The minimum Gasteiger partial charge on any atom is -0.331 e. The molecule has 1 rings (SSSR count). The molecule has 0 saturated carbocycles. The fourth-order valence-electron chi connectivity index (χ4n) is 1.02. The molecule has 0 atom stereocenters. The van der Waals surface area contributed by atoms with Crippen LogP contribution in [0.5, 0.6) is 0 Å². The molecule has 2 amide bonds. The molecule has 88 valence electrons. The third-order valence-electron chi connectivity index (χ3n) is 1.94. The first-order chi connectivity index (χ1) is 7.30. The molecule has 0 saturated heterocycles. The highest BCUT2D eigenvalue weighted by molar-refractivity contribution is 7.90. The number of carbonyl (C=O) groups excluding carboxylic acids is 1. The van der Waals surface area contributed by atoms with E-state index in [4.69, 9.17) is 0 Å². The molecule has 1 aromatic rings. The molecular formula is C10H14N2O3S. The monoisotopic (exact) mass is 242 g/mol. The second-order valence-corrected chi connectivity index (χ2v) is 5.64. The second-order valence-electron chi connectivity index (χ2n) is 3.62. The number of hydrogen-bond acceptors (Lipinski definition) is 3. The van der Waals surface area contributed by atoms with E-state index in [-0.39, 0.29) is 10.9 Å². The molecule has 1 aromatic carbocycles. The van der Waals surface area contributed by atoms with Gasteiger partial charge in [-0.1, -0.05) is 0 Å². The van der Waals surface area contributed by atoms with Gasteiger partial charge < -0.3 is 10.2 Å². The standard InChI is InChI=1S/C10H14N2O3S/c1-12(2)10(13)11-8-4-6-9(7-5-8)16(3,14)15/h4-7H,1-3H3,(H,11,13). The SMILES string of the molecule is CN(C)C(=O)Nc1ccc(S(C)(=O)=O)cc1. The van der Waals surface area contributed by atoms with Gasteiger partial charge in [-0.15, -0.1) is 0 Å². The fourth-order valence-corrected chi connectivity index (χ4v) is 1.65. The van der Waals surface area contributed by atoms with Crippen molar-refractivity contribution in [3.63, 3.8) is 0 Å². The van der Waals surface area contributed by atoms with Crippen molar-refractivity contribution >= 4 is 21.6 Å². The smallest absolute Gasteiger partial charge is 0.321 e. The lowest BCUT2D eigenvalue weighted by Gasteiger charge is -2.11. The molecule has 0 aliphatic heterocycles. The summed E-state index contributed by atoms with van der Waals surface area (Å²) in [6, 6.07) is 5.77. The van der Waals surface area contributed by atoms with Gasteiger partial charge in [-0.25, -0.2) is 13.2 Å². The van der Waals surface area contributed by atoms with Crippen molar-refractivity contribution in [2.75, 3.05) is 25.7 Å². The van der Waals surface area contributed by atoms with Gasteiger partial charge in [-0.2, -0.15) is 0 Å². The van der Waals surface area contributed by atoms with E-state index in [1.165, 1.54) is 17.0 Å². The zero-order valence-electron chi connectivity index (χ0n) is 9.39. The summed E-state index contributed by atoms with van der Waals surface area (Å²) in [4.78, 5) is 12.9. The van der Waals surface area contributed by atoms with E-state index >= 15 is 0 Å². The Balaban J connectivity index is 2.84. The number of anilines is 1. The van der Waals surface area contributed by atoms with Crippen LogP contribution >= 0.6 is 0 Å². The van der Waals surface area contributed by atoms with Crippen LogP contribution in [0.1, 0.15) is 0 Å². The van der Waals surface area contributed by atoms with Gasteiger partial charge in [-0.05, 0) is 24.3 Å². The number of sulfone groups is 1. The maximum atomic E-state index is 11.3. The van der Waals surface area contributed by atoms with Crippen molar-refractivity contribution in [2.24, 2.45) is 0 Å². The molecule has 0 aliphatic carbocycles. The van der Waals surface area contributed by atoms with Crippen LogP contribution in [0, 0.1) is 0 Å². The Morgan fingerprint density at radius 1 is 1.19 bits per heavy atom. The predicted molar refractivity (Wildman–Crippen MR) is 62.3 cm³/mol. The molecule has 0 fully saturated rings. The summed E-state index contributed by atoms with van der Waals surface area (Å²) in [6.45, 7) is 0. The van der Waals surface area contributed by atoms with Crippen LogP contribution in [0.15, 0.2) is 29.2 Å². The number of urea groups is 1. The summed E-state index contributed by atoms with van der Waals surface area (Å²) in [5, 5.41) is 2.61. The summed E-state index contributed by atoms with van der Waals surface area (Å²) in [5.74, 6) is 0. The number of amides is 2. The lowest BCUT2D eigenvalue weighted by molar-refractivity contribution is 0.230. The molecule has 0 bridgehead atoms. The van der Waals surface area contributed by atoms with Gasteiger partial charge in [0.25, 0.3) is 0 Å². The number of carbonyl (C=O) groups is 1. The quantitative estimate of drug-likeness (QED) is 0.847. The third-order valence-corrected chi connectivity index (χ3v) is 3.07. The third kappa shape index (κ3) is 3.23. The van der Waals surface area contributed by atoms with Crippen LogP contribution in [-0.4, -0.2) is 39.7 Å². The highest BCUT2D eigenvalue weighted by Gasteiger charge is 2.07. The molecule has 0 unspecified atom stereocenters. The molecule has 0 spiro atoms. The molecule has 6 heteroatoms. The second kappa shape index (κ2) is 4.52. The highest BCUT2D eigenvalue weighted by Crippen LogP contribution is 2.13. The van der Waals surface area contributed by atoms with Crippen molar-refractivity contribution in [1.82, 2.24) is 4.90 Å². The molecular weight excluding hydrogens is 228 g/mol. The van der Waals surface area contributed by atoms with Crippen molar-refractivity contribution in [3.8, 4) is 0 Å². The molecule has 0 heterocycles. The normalized spacial score (nSPS) is 10.9. The van der Waals surface area contributed by atoms with Gasteiger partial charge in [0.1, 0.15) is 0 Å². The first-order valence-corrected chi connectivity index (χ1v) is 6.48. The number of hydrogen-bond donors (Lipinski definition) is 1. The maximum absolute atomic E-state index is 11.3. The van der Waals surface area contributed by atoms with E-state index in [1.54, 1.807) is 26.2 Å². The van der Waals surface area contributed by atoms with Crippen LogP contribution < -0.4 is 5.32 Å². The van der Waals surface area contributed by atoms with Crippen LogP contribution in [0.25, 0.3) is 0 Å². The van der Waals surface area contributed by atoms with Crippen molar-refractivity contribution in [1.29, 1.82) is 0 Å². The van der Waals surface area contributed by atoms with Crippen molar-refractivity contribution in [3.05, 3.63) is 24.3 Å². The molecule has 0 aliphatic rings. The predicted octanol–water partition coefficient (Wildman–Crippen LogP) is 1.18. The van der Waals surface area contributed by atoms with E-state index in [0.29, 0.717) is 5.69 Å². The summed E-state index contributed by atoms with van der Waals surface area (Å²) in [5.41, 5.74) is 0.561. The van der Waals surface area contributed by atoms with Crippen molar-refractivity contribution in [2.45, 2.75) is 4.90 Å². The zero-order valence-corrected chi connectivity index (χ0v) is 10.2. The van der Waals surface area contributed by atoms with Gasteiger partial charge in [-0.3, -0.25) is 0 Å². The summed E-state index contributed by atoms with van der Waals surface area (Å²) < 4.78 is 22.4. The number of nitrogens with one attached hydrogen (secondary N) is 1. The Morgan fingerprint density at radius 2 is 1.69 bits per heavy atom. The van der Waals surface area contributed by atoms with E-state index in [9.17, 15) is 13.2 Å². The van der Waals surface area contributed by atoms with Gasteiger partial charge in [0.15, 0.2) is 9.84 Å². The average Bonchev–Trinajstić information content (AvgIpc) is 2.17. The van der Waals surface area contributed by atoms with Gasteiger partial charge in [0, 0.05) is 26.0 Å². The number of benzene rings is 1. The molecule has 1 N–H and O–H groups in total. The van der Waals surface area contributed by atoms with E-state index in [0.717, 1.165) is 6.26 Å². The lowest BCUT2D eigenvalue weighted by Crippen LogP contribution is -2.27. The summed E-state index contributed by atoms with van der Waals surface area (Å²) >= 11 is 0. The lowest BCUT2D eigenvalue weighted by atomic mass is 10.3. The Labute approximate surface area is 95.0 Å². The molecule has 0 aromatic heterocycles. The van der Waals surface area contributed by atoms with Gasteiger partial charge in [0.05, 0.1) is 4.90 Å². The van der Waals surface area contributed by atoms with Crippen LogP contribution in [0.3, 0.4) is 0 Å². The van der Waals surface area contributed by atoms with E-state index < -0.39 is 9.84 Å². The Hall–Kier alpha value is -1.56. The van der Waals surface area contributed by atoms with Crippen molar-refractivity contribution < 1.29 is 13.2 Å². The van der Waals surface area contributed by atoms with E-state index in [2.05, 4.69) is 5.32 Å². The summed E-state index contributed by atoms with van der Waals surface area (Å²) in [7, 11) is 0.0629. The Bertz CT molecular complexity index is 477. The summed E-state index contributed by atoms with van der Waals surface area (Å²) in [6.07, 6.45) is 1.14. The topological polar surface area (TPSA) is 66.5 Å². The first kappa shape index (κ1) is 12.5. The van der Waals surface area contributed by atoms with Crippen LogP contribution in [-0.2, 0) is 9.84 Å². The Morgan fingerprint density at radius 3 is 2.06 bits per heavy atom. The van der Waals surface area contributed by atoms with Gasteiger partial charge in [0.2, 0.25) is 0 Å². The molecule has 0 radical (unpaired) electrons. The van der Waals surface area contributed by atoms with Crippen LogP contribution in [0.2, 0.25) is 0 Å². The zero-order chi connectivity index (χ0) is 12.3. The highest BCUT2D eigenvalue weighted by atomic mass is 32.2. The van der Waals surface area contributed by atoms with E-state index in [1.807, 2.05) is 0 Å². The molecule has 16 heavy (non-hydrogen) atoms. The number of rotatable bonds is 2. The minimum atomic E-state index is -3.19. The maximum Gasteiger partial charge on any atom is 0.321 e. The molecule has 5 nitrogen and oxygen atoms in total. The number of nitrogens with zero attached hydrogens (tertiary/aromatic N) is 1.